The topological polar surface area (TPSA) is 71.3 Å². The molecule has 4 aromatic rings. The molecule has 0 radical (unpaired) electrons. The highest BCUT2D eigenvalue weighted by atomic mass is 32.2. The quantitative estimate of drug-likeness (QED) is 0.444. The van der Waals surface area contributed by atoms with Crippen LogP contribution in [0.5, 0.6) is 0 Å². The van der Waals surface area contributed by atoms with E-state index >= 15 is 8.78 Å². The van der Waals surface area contributed by atoms with Crippen LogP contribution in [0.25, 0.3) is 22.2 Å². The molecule has 0 saturated carbocycles. The molecule has 10 heteroatoms. The SMILES string of the molecule is O=S(=O)(c1cc(F)c(N2CCN3CCC2C3)c(F)c1)n1ccc2c(-c3ccccn3)cncc21. The molecular weight excluding hydrogens is 460 g/mol. The van der Waals surface area contributed by atoms with Gasteiger partial charge in [-0.05, 0) is 36.8 Å². The zero-order valence-electron chi connectivity index (χ0n) is 18.1. The van der Waals surface area contributed by atoms with Crippen molar-refractivity contribution in [1.29, 1.82) is 0 Å². The van der Waals surface area contributed by atoms with Crippen LogP contribution in [-0.2, 0) is 10.0 Å². The fraction of sp³-hybridized carbons (Fsp3) is 0.250. The molecule has 0 N–H and O–H groups in total. The summed E-state index contributed by atoms with van der Waals surface area (Å²) in [5.74, 6) is -1.75. The van der Waals surface area contributed by atoms with Crippen LogP contribution in [0.15, 0.2) is 66.1 Å². The van der Waals surface area contributed by atoms with E-state index in [4.69, 9.17) is 0 Å². The second-order valence-corrected chi connectivity index (χ2v) is 10.4. The van der Waals surface area contributed by atoms with Crippen molar-refractivity contribution >= 4 is 26.6 Å². The van der Waals surface area contributed by atoms with Crippen LogP contribution in [0.3, 0.4) is 0 Å². The van der Waals surface area contributed by atoms with E-state index in [1.165, 1.54) is 12.4 Å². The Morgan fingerprint density at radius 1 is 1.00 bits per heavy atom. The minimum absolute atomic E-state index is 0.0321. The van der Waals surface area contributed by atoms with Crippen molar-refractivity contribution in [3.05, 3.63) is 72.8 Å². The number of halogens is 2. The molecule has 34 heavy (non-hydrogen) atoms. The number of aromatic nitrogens is 3. The first kappa shape index (κ1) is 21.2. The molecule has 5 heterocycles. The highest BCUT2D eigenvalue weighted by molar-refractivity contribution is 7.90. The number of hydrogen-bond donors (Lipinski definition) is 0. The van der Waals surface area contributed by atoms with Crippen molar-refractivity contribution in [3.63, 3.8) is 0 Å². The lowest BCUT2D eigenvalue weighted by atomic mass is 10.1. The molecule has 2 saturated heterocycles. The lowest BCUT2D eigenvalue weighted by Crippen LogP contribution is -2.47. The Labute approximate surface area is 195 Å². The van der Waals surface area contributed by atoms with E-state index in [1.54, 1.807) is 35.5 Å². The second-order valence-electron chi connectivity index (χ2n) is 8.62. The van der Waals surface area contributed by atoms with E-state index < -0.39 is 26.6 Å². The lowest BCUT2D eigenvalue weighted by Gasteiger charge is -2.36. The van der Waals surface area contributed by atoms with Gasteiger partial charge in [0.1, 0.15) is 5.69 Å². The largest absolute Gasteiger partial charge is 0.361 e. The molecule has 6 rings (SSSR count). The Balaban J connectivity index is 1.42. The summed E-state index contributed by atoms with van der Waals surface area (Å²) in [4.78, 5) is 12.0. The van der Waals surface area contributed by atoms with E-state index in [-0.39, 0.29) is 11.7 Å². The molecular formula is C24H21F2N5O2S. The first-order valence-electron chi connectivity index (χ1n) is 11.0. The summed E-state index contributed by atoms with van der Waals surface area (Å²) in [5.41, 5.74) is 1.46. The number of hydrogen-bond acceptors (Lipinski definition) is 6. The van der Waals surface area contributed by atoms with Crippen LogP contribution in [0.1, 0.15) is 6.42 Å². The van der Waals surface area contributed by atoms with Gasteiger partial charge in [0.15, 0.2) is 11.6 Å². The van der Waals surface area contributed by atoms with Crippen molar-refractivity contribution in [2.45, 2.75) is 17.4 Å². The summed E-state index contributed by atoms with van der Waals surface area (Å²) in [6.07, 6.45) is 6.87. The van der Waals surface area contributed by atoms with Crippen molar-refractivity contribution in [3.8, 4) is 11.3 Å². The van der Waals surface area contributed by atoms with Gasteiger partial charge in [-0.2, -0.15) is 0 Å². The van der Waals surface area contributed by atoms with Gasteiger partial charge in [0.05, 0.1) is 22.3 Å². The third-order valence-electron chi connectivity index (χ3n) is 6.70. The van der Waals surface area contributed by atoms with Gasteiger partial charge >= 0.3 is 0 Å². The molecule has 3 aromatic heterocycles. The Kier molecular flexibility index (Phi) is 4.89. The zero-order valence-corrected chi connectivity index (χ0v) is 18.9. The van der Waals surface area contributed by atoms with Gasteiger partial charge in [-0.1, -0.05) is 6.07 Å². The lowest BCUT2D eigenvalue weighted by molar-refractivity contribution is 0.308. The molecule has 7 nitrogen and oxygen atoms in total. The maximum absolute atomic E-state index is 15.2. The highest BCUT2D eigenvalue weighted by Crippen LogP contribution is 2.34. The van der Waals surface area contributed by atoms with E-state index in [9.17, 15) is 8.42 Å². The van der Waals surface area contributed by atoms with Crippen LogP contribution in [0, 0.1) is 11.6 Å². The zero-order chi connectivity index (χ0) is 23.4. The number of rotatable bonds is 4. The third kappa shape index (κ3) is 3.28. The van der Waals surface area contributed by atoms with Crippen molar-refractivity contribution < 1.29 is 17.2 Å². The molecule has 2 aliphatic rings. The number of nitrogens with zero attached hydrogens (tertiary/aromatic N) is 5. The number of pyridine rings is 2. The first-order valence-corrected chi connectivity index (χ1v) is 12.5. The van der Waals surface area contributed by atoms with Crippen LogP contribution in [0.4, 0.5) is 14.5 Å². The van der Waals surface area contributed by atoms with Crippen molar-refractivity contribution in [2.24, 2.45) is 0 Å². The maximum Gasteiger partial charge on any atom is 0.268 e. The molecule has 174 valence electrons. The molecule has 2 fully saturated rings. The van der Waals surface area contributed by atoms with E-state index in [1.807, 2.05) is 6.07 Å². The van der Waals surface area contributed by atoms with Gasteiger partial charge in [0.25, 0.3) is 10.0 Å². The molecule has 0 amide bonds. The number of anilines is 1. The highest BCUT2D eigenvalue weighted by Gasteiger charge is 2.36. The van der Waals surface area contributed by atoms with E-state index in [0.29, 0.717) is 28.7 Å². The Morgan fingerprint density at radius 2 is 1.82 bits per heavy atom. The fourth-order valence-corrected chi connectivity index (χ4v) is 6.40. The summed E-state index contributed by atoms with van der Waals surface area (Å²) in [5, 5.41) is 0.619. The van der Waals surface area contributed by atoms with Gasteiger partial charge in [-0.25, -0.2) is 21.2 Å². The minimum atomic E-state index is -4.28. The standard InChI is InChI=1S/C24H21F2N5O2S/c25-20-11-17(12-21(26)24(20)30-10-9-29-7-4-16(30)15-29)34(32,33)31-8-5-18-19(13-27-14-23(18)31)22-3-1-2-6-28-22/h1-3,5-6,8,11-14,16H,4,7,9-10,15H2. The number of benzene rings is 1. The van der Waals surface area contributed by atoms with E-state index in [2.05, 4.69) is 14.9 Å². The number of piperazine rings is 1. The third-order valence-corrected chi connectivity index (χ3v) is 8.37. The fourth-order valence-electron chi connectivity index (χ4n) is 5.04. The summed E-state index contributed by atoms with van der Waals surface area (Å²) in [6, 6.07) is 8.91. The molecule has 1 aromatic carbocycles. The summed E-state index contributed by atoms with van der Waals surface area (Å²) in [7, 11) is -4.28. The summed E-state index contributed by atoms with van der Waals surface area (Å²) in [6.45, 7) is 2.91. The average Bonchev–Trinajstić information content (AvgIpc) is 3.45. The van der Waals surface area contributed by atoms with Gasteiger partial charge in [-0.15, -0.1) is 0 Å². The Hall–Kier alpha value is -3.37. The molecule has 2 atom stereocenters. The molecule has 0 spiro atoms. The van der Waals surface area contributed by atoms with Crippen LogP contribution in [0.2, 0.25) is 0 Å². The molecule has 0 aliphatic carbocycles. The van der Waals surface area contributed by atoms with Gasteiger partial charge < -0.3 is 4.90 Å². The Bertz CT molecular complexity index is 1480. The average molecular weight is 482 g/mol. The van der Waals surface area contributed by atoms with Gasteiger partial charge in [0, 0.05) is 61.8 Å². The van der Waals surface area contributed by atoms with Crippen molar-refractivity contribution in [2.75, 3.05) is 31.1 Å². The van der Waals surface area contributed by atoms with Crippen LogP contribution < -0.4 is 4.90 Å². The monoisotopic (exact) mass is 481 g/mol. The second kappa shape index (κ2) is 7.85. The molecule has 2 aliphatic heterocycles. The molecule has 2 unspecified atom stereocenters. The summed E-state index contributed by atoms with van der Waals surface area (Å²) < 4.78 is 58.3. The maximum atomic E-state index is 15.2. The minimum Gasteiger partial charge on any atom is -0.361 e. The van der Waals surface area contributed by atoms with Crippen molar-refractivity contribution in [1.82, 2.24) is 18.8 Å². The predicted octanol–water partition coefficient (Wildman–Crippen LogP) is 3.51. The normalized spacial score (nSPS) is 20.2. The molecule has 2 bridgehead atoms. The number of fused-ring (bicyclic) bond motifs is 3. The Morgan fingerprint density at radius 3 is 2.59 bits per heavy atom. The van der Waals surface area contributed by atoms with Gasteiger partial charge in [-0.3, -0.25) is 14.9 Å². The first-order chi connectivity index (χ1) is 16.4. The van der Waals surface area contributed by atoms with Crippen LogP contribution >= 0.6 is 0 Å². The van der Waals surface area contributed by atoms with E-state index in [0.717, 1.165) is 42.2 Å². The summed E-state index contributed by atoms with van der Waals surface area (Å²) >= 11 is 0. The smallest absolute Gasteiger partial charge is 0.268 e. The van der Waals surface area contributed by atoms with Crippen LogP contribution in [-0.4, -0.2) is 59.5 Å². The predicted molar refractivity (Wildman–Crippen MR) is 124 cm³/mol. The van der Waals surface area contributed by atoms with Gasteiger partial charge in [0.2, 0.25) is 0 Å².